The molecule has 1 aromatic heterocycles. The number of amides is 2. The van der Waals surface area contributed by atoms with Crippen molar-refractivity contribution < 1.29 is 19.2 Å². The normalized spacial score (nSPS) is 13.5. The molecule has 3 aromatic rings. The van der Waals surface area contributed by atoms with Crippen molar-refractivity contribution in [3.63, 3.8) is 0 Å². The molecule has 0 radical (unpaired) electrons. The van der Waals surface area contributed by atoms with Crippen LogP contribution < -0.4 is 0 Å². The van der Waals surface area contributed by atoms with Crippen molar-refractivity contribution in [2.75, 3.05) is 0 Å². The predicted molar refractivity (Wildman–Crippen MR) is 82.0 cm³/mol. The van der Waals surface area contributed by atoms with Gasteiger partial charge in [-0.15, -0.1) is 11.3 Å². The van der Waals surface area contributed by atoms with Crippen molar-refractivity contribution in [1.82, 2.24) is 10.0 Å². The van der Waals surface area contributed by atoms with Crippen LogP contribution in [0.4, 0.5) is 0 Å². The number of imide groups is 1. The molecule has 0 atom stereocenters. The molecule has 6 nitrogen and oxygen atoms in total. The van der Waals surface area contributed by atoms with Crippen molar-refractivity contribution in [3.05, 3.63) is 64.7 Å². The summed E-state index contributed by atoms with van der Waals surface area (Å²) in [6.07, 6.45) is 0. The van der Waals surface area contributed by atoms with Crippen LogP contribution >= 0.6 is 11.3 Å². The largest absolute Gasteiger partial charge is 0.366 e. The highest BCUT2D eigenvalue weighted by molar-refractivity contribution is 7.16. The minimum absolute atomic E-state index is 0.209. The smallest absolute Gasteiger partial charge is 0.324 e. The van der Waals surface area contributed by atoms with E-state index < -0.39 is 17.8 Å². The van der Waals surface area contributed by atoms with Crippen LogP contribution in [0.5, 0.6) is 0 Å². The van der Waals surface area contributed by atoms with Crippen molar-refractivity contribution in [2.45, 2.75) is 0 Å². The molecule has 4 rings (SSSR count). The van der Waals surface area contributed by atoms with Crippen LogP contribution in [0.3, 0.4) is 0 Å². The Bertz CT molecular complexity index is 944. The Morgan fingerprint density at radius 2 is 1.70 bits per heavy atom. The number of rotatable bonds is 2. The molecule has 0 unspecified atom stereocenters. The van der Waals surface area contributed by atoms with Gasteiger partial charge < -0.3 is 4.84 Å². The second-order valence-electron chi connectivity index (χ2n) is 4.83. The van der Waals surface area contributed by atoms with Crippen LogP contribution in [0.15, 0.2) is 48.0 Å². The SMILES string of the molecule is O=C(ON1C(=O)c2ccccc2C1=O)c1cccc2scnc12. The molecule has 23 heavy (non-hydrogen) atoms. The van der Waals surface area contributed by atoms with Crippen LogP contribution in [0.25, 0.3) is 10.2 Å². The molecular formula is C16H8N2O4S. The molecule has 0 aliphatic carbocycles. The number of hydrogen-bond donors (Lipinski definition) is 0. The zero-order valence-corrected chi connectivity index (χ0v) is 12.4. The zero-order chi connectivity index (χ0) is 16.0. The van der Waals surface area contributed by atoms with Gasteiger partial charge >= 0.3 is 5.97 Å². The average molecular weight is 324 g/mol. The first-order valence-corrected chi connectivity index (χ1v) is 7.57. The Kier molecular flexibility index (Phi) is 2.95. The lowest BCUT2D eigenvalue weighted by Crippen LogP contribution is -2.32. The third-order valence-electron chi connectivity index (χ3n) is 3.51. The first-order chi connectivity index (χ1) is 11.2. The molecule has 2 aromatic carbocycles. The molecule has 0 spiro atoms. The number of carbonyl (C=O) groups excluding carboxylic acids is 3. The van der Waals surface area contributed by atoms with Gasteiger partial charge in [0.25, 0.3) is 11.8 Å². The number of hydrogen-bond acceptors (Lipinski definition) is 6. The number of benzene rings is 2. The van der Waals surface area contributed by atoms with E-state index >= 15 is 0 Å². The summed E-state index contributed by atoms with van der Waals surface area (Å²) in [6.45, 7) is 0. The van der Waals surface area contributed by atoms with Crippen LogP contribution in [0.1, 0.15) is 31.1 Å². The molecule has 0 saturated heterocycles. The molecule has 0 N–H and O–H groups in total. The first-order valence-electron chi connectivity index (χ1n) is 6.69. The number of fused-ring (bicyclic) bond motifs is 2. The molecule has 0 saturated carbocycles. The summed E-state index contributed by atoms with van der Waals surface area (Å²) in [5, 5.41) is 0.498. The first kappa shape index (κ1) is 13.6. The third kappa shape index (κ3) is 2.01. The van der Waals surface area contributed by atoms with Crippen LogP contribution in [0, 0.1) is 0 Å². The van der Waals surface area contributed by atoms with Gasteiger partial charge in [0.15, 0.2) is 0 Å². The van der Waals surface area contributed by atoms with E-state index in [0.29, 0.717) is 10.6 Å². The van der Waals surface area contributed by atoms with E-state index in [1.807, 2.05) is 6.07 Å². The fraction of sp³-hybridized carbons (Fsp3) is 0. The zero-order valence-electron chi connectivity index (χ0n) is 11.6. The molecule has 112 valence electrons. The second kappa shape index (κ2) is 4.99. The fourth-order valence-corrected chi connectivity index (χ4v) is 3.14. The lowest BCUT2D eigenvalue weighted by atomic mass is 10.1. The number of para-hydroxylation sites is 1. The lowest BCUT2D eigenvalue weighted by Gasteiger charge is -2.12. The van der Waals surface area contributed by atoms with E-state index in [-0.39, 0.29) is 16.7 Å². The van der Waals surface area contributed by atoms with Crippen LogP contribution in [-0.2, 0) is 4.84 Å². The summed E-state index contributed by atoms with van der Waals surface area (Å²) < 4.78 is 0.821. The molecule has 1 aliphatic heterocycles. The summed E-state index contributed by atoms with van der Waals surface area (Å²) >= 11 is 1.39. The Labute approximate surface area is 133 Å². The molecular weight excluding hydrogens is 316 g/mol. The summed E-state index contributed by atoms with van der Waals surface area (Å²) in [7, 11) is 0. The average Bonchev–Trinajstić information content (AvgIpc) is 3.14. The predicted octanol–water partition coefficient (Wildman–Crippen LogP) is 2.66. The quantitative estimate of drug-likeness (QED) is 0.677. The number of carbonyl (C=O) groups is 3. The summed E-state index contributed by atoms with van der Waals surface area (Å²) in [5.74, 6) is -2.09. The molecule has 0 fully saturated rings. The lowest BCUT2D eigenvalue weighted by molar-refractivity contribution is -0.0583. The molecule has 1 aliphatic rings. The molecule has 2 amide bonds. The van der Waals surface area contributed by atoms with Crippen LogP contribution in [-0.4, -0.2) is 27.8 Å². The van der Waals surface area contributed by atoms with Gasteiger partial charge in [0.2, 0.25) is 0 Å². The summed E-state index contributed by atoms with van der Waals surface area (Å²) in [5.41, 5.74) is 2.75. The number of aromatic nitrogens is 1. The maximum Gasteiger partial charge on any atom is 0.366 e. The van der Waals surface area contributed by atoms with E-state index in [1.165, 1.54) is 23.5 Å². The number of nitrogens with zero attached hydrogens (tertiary/aromatic N) is 2. The van der Waals surface area contributed by atoms with Crippen LogP contribution in [0.2, 0.25) is 0 Å². The summed E-state index contributed by atoms with van der Waals surface area (Å²) in [4.78, 5) is 45.9. The van der Waals surface area contributed by atoms with Gasteiger partial charge in [0, 0.05) is 0 Å². The fourth-order valence-electron chi connectivity index (χ4n) is 2.43. The van der Waals surface area contributed by atoms with E-state index in [0.717, 1.165) is 4.70 Å². The van der Waals surface area contributed by atoms with Gasteiger partial charge in [0.05, 0.1) is 32.4 Å². The Hall–Kier alpha value is -3.06. The molecule has 2 heterocycles. The van der Waals surface area contributed by atoms with E-state index in [4.69, 9.17) is 4.84 Å². The highest BCUT2D eigenvalue weighted by Gasteiger charge is 2.39. The highest BCUT2D eigenvalue weighted by atomic mass is 32.1. The summed E-state index contributed by atoms with van der Waals surface area (Å²) in [6, 6.07) is 11.4. The van der Waals surface area contributed by atoms with Crippen molar-refractivity contribution >= 4 is 39.3 Å². The third-order valence-corrected chi connectivity index (χ3v) is 4.31. The van der Waals surface area contributed by atoms with Crippen molar-refractivity contribution in [1.29, 1.82) is 0 Å². The van der Waals surface area contributed by atoms with Gasteiger partial charge in [-0.05, 0) is 24.3 Å². The van der Waals surface area contributed by atoms with Gasteiger partial charge in [-0.1, -0.05) is 23.3 Å². The maximum atomic E-state index is 12.4. The Balaban J connectivity index is 1.67. The minimum atomic E-state index is -0.795. The van der Waals surface area contributed by atoms with Gasteiger partial charge in [-0.3, -0.25) is 9.59 Å². The number of thiazole rings is 1. The monoisotopic (exact) mass is 324 g/mol. The van der Waals surface area contributed by atoms with Gasteiger partial charge in [-0.25, -0.2) is 9.78 Å². The highest BCUT2D eigenvalue weighted by Crippen LogP contribution is 2.25. The number of hydroxylamine groups is 2. The topological polar surface area (TPSA) is 76.6 Å². The van der Waals surface area contributed by atoms with E-state index in [9.17, 15) is 14.4 Å². The standard InChI is InChI=1S/C16H8N2O4S/c19-14-9-4-1-2-5-10(9)15(20)18(14)22-16(21)11-6-3-7-12-13(11)17-8-23-12/h1-8H. The second-order valence-corrected chi connectivity index (χ2v) is 5.72. The Morgan fingerprint density at radius 1 is 1.00 bits per heavy atom. The van der Waals surface area contributed by atoms with Crippen molar-refractivity contribution in [3.8, 4) is 0 Å². The van der Waals surface area contributed by atoms with Gasteiger partial charge in [0.1, 0.15) is 0 Å². The van der Waals surface area contributed by atoms with Crippen molar-refractivity contribution in [2.24, 2.45) is 0 Å². The maximum absolute atomic E-state index is 12.4. The molecule has 7 heteroatoms. The minimum Gasteiger partial charge on any atom is -0.324 e. The Morgan fingerprint density at radius 3 is 2.39 bits per heavy atom. The van der Waals surface area contributed by atoms with E-state index in [2.05, 4.69) is 4.98 Å². The van der Waals surface area contributed by atoms with E-state index in [1.54, 1.807) is 29.8 Å². The molecule has 0 bridgehead atoms. The van der Waals surface area contributed by atoms with Gasteiger partial charge in [-0.2, -0.15) is 0 Å².